The molecule has 2 nitrogen and oxygen atoms in total. The molecule has 1 aliphatic rings. The lowest BCUT2D eigenvalue weighted by atomic mass is 9.96. The van der Waals surface area contributed by atoms with Crippen LogP contribution in [0.15, 0.2) is 0 Å². The Labute approximate surface area is 95.2 Å². The Bertz CT molecular complexity index is 159. The maximum absolute atomic E-state index is 5.87. The Morgan fingerprint density at radius 3 is 2.73 bits per heavy atom. The van der Waals surface area contributed by atoms with E-state index in [1.807, 2.05) is 0 Å². The molecule has 1 saturated heterocycles. The number of likely N-dealkylation sites (tertiary alicyclic amines) is 1. The smallest absolute Gasteiger partial charge is 0.0221 e. The fourth-order valence-electron chi connectivity index (χ4n) is 2.80. The minimum Gasteiger partial charge on any atom is -0.329 e. The molecule has 0 aromatic carbocycles. The molecule has 0 aliphatic carbocycles. The lowest BCUT2D eigenvalue weighted by Gasteiger charge is -2.40. The van der Waals surface area contributed by atoms with Crippen molar-refractivity contribution < 1.29 is 0 Å². The monoisotopic (exact) mass is 212 g/mol. The molecule has 15 heavy (non-hydrogen) atoms. The summed E-state index contributed by atoms with van der Waals surface area (Å²) < 4.78 is 0. The van der Waals surface area contributed by atoms with Crippen molar-refractivity contribution in [3.8, 4) is 0 Å². The summed E-state index contributed by atoms with van der Waals surface area (Å²) >= 11 is 0. The average Bonchev–Trinajstić information content (AvgIpc) is 2.30. The molecule has 0 radical (unpaired) electrons. The van der Waals surface area contributed by atoms with E-state index in [2.05, 4.69) is 18.7 Å². The van der Waals surface area contributed by atoms with Gasteiger partial charge in [-0.1, -0.05) is 33.1 Å². The normalized spacial score (nSPS) is 25.4. The summed E-state index contributed by atoms with van der Waals surface area (Å²) in [5.41, 5.74) is 5.87. The third-order valence-corrected chi connectivity index (χ3v) is 3.78. The number of unbranched alkanes of at least 4 members (excludes halogenated alkanes) is 1. The predicted molar refractivity (Wildman–Crippen MR) is 67.0 cm³/mol. The summed E-state index contributed by atoms with van der Waals surface area (Å²) in [5, 5.41) is 0. The molecule has 0 aromatic rings. The van der Waals surface area contributed by atoms with Crippen LogP contribution in [0.25, 0.3) is 0 Å². The molecule has 2 N–H and O–H groups in total. The van der Waals surface area contributed by atoms with Gasteiger partial charge in [0, 0.05) is 18.6 Å². The van der Waals surface area contributed by atoms with Gasteiger partial charge in [-0.05, 0) is 32.2 Å². The van der Waals surface area contributed by atoms with Crippen LogP contribution in [0.2, 0.25) is 0 Å². The molecule has 1 fully saturated rings. The van der Waals surface area contributed by atoms with E-state index in [9.17, 15) is 0 Å². The minimum atomic E-state index is 0.667. The van der Waals surface area contributed by atoms with Gasteiger partial charge in [0.15, 0.2) is 0 Å². The molecule has 2 unspecified atom stereocenters. The lowest BCUT2D eigenvalue weighted by Crippen LogP contribution is -2.49. The zero-order chi connectivity index (χ0) is 11.1. The second-order valence-electron chi connectivity index (χ2n) is 4.83. The molecular formula is C13H28N2. The van der Waals surface area contributed by atoms with E-state index >= 15 is 0 Å². The van der Waals surface area contributed by atoms with Crippen molar-refractivity contribution in [2.75, 3.05) is 13.1 Å². The van der Waals surface area contributed by atoms with Crippen molar-refractivity contribution in [3.63, 3.8) is 0 Å². The number of rotatable bonds is 6. The summed E-state index contributed by atoms with van der Waals surface area (Å²) in [7, 11) is 0. The van der Waals surface area contributed by atoms with Gasteiger partial charge >= 0.3 is 0 Å². The van der Waals surface area contributed by atoms with E-state index in [0.717, 1.165) is 12.6 Å². The zero-order valence-corrected chi connectivity index (χ0v) is 10.5. The first kappa shape index (κ1) is 13.0. The Kier molecular flexibility index (Phi) is 6.26. The fourth-order valence-corrected chi connectivity index (χ4v) is 2.80. The Balaban J connectivity index is 2.47. The summed E-state index contributed by atoms with van der Waals surface area (Å²) in [6.45, 7) is 6.73. The van der Waals surface area contributed by atoms with Crippen LogP contribution in [0.5, 0.6) is 0 Å². The molecule has 0 amide bonds. The number of hydrogen-bond acceptors (Lipinski definition) is 2. The molecule has 0 bridgehead atoms. The highest BCUT2D eigenvalue weighted by Crippen LogP contribution is 2.23. The van der Waals surface area contributed by atoms with E-state index in [-0.39, 0.29) is 0 Å². The number of nitrogens with two attached hydrogens (primary N) is 1. The van der Waals surface area contributed by atoms with Crippen LogP contribution in [-0.2, 0) is 0 Å². The van der Waals surface area contributed by atoms with Gasteiger partial charge in [0.05, 0.1) is 0 Å². The van der Waals surface area contributed by atoms with Gasteiger partial charge in [-0.2, -0.15) is 0 Å². The lowest BCUT2D eigenvalue weighted by molar-refractivity contribution is 0.0897. The molecule has 0 aromatic heterocycles. The van der Waals surface area contributed by atoms with Crippen LogP contribution in [0, 0.1) is 0 Å². The van der Waals surface area contributed by atoms with Gasteiger partial charge in [-0.15, -0.1) is 0 Å². The summed E-state index contributed by atoms with van der Waals surface area (Å²) in [4.78, 5) is 2.69. The highest BCUT2D eigenvalue weighted by molar-refractivity contribution is 4.82. The van der Waals surface area contributed by atoms with Gasteiger partial charge in [-0.3, -0.25) is 4.90 Å². The largest absolute Gasteiger partial charge is 0.329 e. The molecule has 0 spiro atoms. The standard InChI is InChI=1S/C13H28N2/c1-3-5-8-12(4-2)15-10-7-6-9-13(15)11-14/h12-13H,3-11,14H2,1-2H3. The van der Waals surface area contributed by atoms with E-state index in [0.29, 0.717) is 6.04 Å². The zero-order valence-electron chi connectivity index (χ0n) is 10.5. The van der Waals surface area contributed by atoms with Crippen LogP contribution in [0.1, 0.15) is 58.8 Å². The first-order valence-electron chi connectivity index (χ1n) is 6.79. The van der Waals surface area contributed by atoms with Gasteiger partial charge in [0.1, 0.15) is 0 Å². The average molecular weight is 212 g/mol. The molecule has 1 heterocycles. The molecule has 1 aliphatic heterocycles. The number of nitrogens with zero attached hydrogens (tertiary/aromatic N) is 1. The molecule has 2 atom stereocenters. The van der Waals surface area contributed by atoms with E-state index < -0.39 is 0 Å². The maximum Gasteiger partial charge on any atom is 0.0221 e. The van der Waals surface area contributed by atoms with Crippen molar-refractivity contribution in [3.05, 3.63) is 0 Å². The topological polar surface area (TPSA) is 29.3 Å². The summed E-state index contributed by atoms with van der Waals surface area (Å²) in [5.74, 6) is 0. The SMILES string of the molecule is CCCCC(CC)N1CCCCC1CN. The van der Waals surface area contributed by atoms with Crippen LogP contribution in [0.3, 0.4) is 0 Å². The van der Waals surface area contributed by atoms with Crippen molar-refractivity contribution >= 4 is 0 Å². The van der Waals surface area contributed by atoms with Crippen molar-refractivity contribution in [2.24, 2.45) is 5.73 Å². The number of hydrogen-bond donors (Lipinski definition) is 1. The third kappa shape index (κ3) is 3.76. The predicted octanol–water partition coefficient (Wildman–Crippen LogP) is 2.77. The van der Waals surface area contributed by atoms with Crippen LogP contribution >= 0.6 is 0 Å². The number of piperidine rings is 1. The van der Waals surface area contributed by atoms with Crippen molar-refractivity contribution in [1.29, 1.82) is 0 Å². The van der Waals surface area contributed by atoms with Crippen LogP contribution in [0.4, 0.5) is 0 Å². The summed E-state index contributed by atoms with van der Waals surface area (Å²) in [6.07, 6.45) is 9.41. The molecule has 1 rings (SSSR count). The first-order chi connectivity index (χ1) is 7.33. The third-order valence-electron chi connectivity index (χ3n) is 3.78. The van der Waals surface area contributed by atoms with E-state index in [4.69, 9.17) is 5.73 Å². The van der Waals surface area contributed by atoms with Gasteiger partial charge in [-0.25, -0.2) is 0 Å². The second-order valence-corrected chi connectivity index (χ2v) is 4.83. The minimum absolute atomic E-state index is 0.667. The Morgan fingerprint density at radius 2 is 2.13 bits per heavy atom. The van der Waals surface area contributed by atoms with Gasteiger partial charge in [0.2, 0.25) is 0 Å². The maximum atomic E-state index is 5.87. The van der Waals surface area contributed by atoms with Crippen molar-refractivity contribution in [1.82, 2.24) is 4.90 Å². The molecular weight excluding hydrogens is 184 g/mol. The van der Waals surface area contributed by atoms with Gasteiger partial charge < -0.3 is 5.73 Å². The van der Waals surface area contributed by atoms with Crippen LogP contribution in [-0.4, -0.2) is 30.1 Å². The van der Waals surface area contributed by atoms with Crippen LogP contribution < -0.4 is 5.73 Å². The van der Waals surface area contributed by atoms with E-state index in [1.54, 1.807) is 0 Å². The van der Waals surface area contributed by atoms with E-state index in [1.165, 1.54) is 51.5 Å². The molecule has 2 heteroatoms. The highest BCUT2D eigenvalue weighted by atomic mass is 15.2. The first-order valence-corrected chi connectivity index (χ1v) is 6.79. The molecule has 90 valence electrons. The molecule has 0 saturated carbocycles. The Morgan fingerprint density at radius 1 is 1.33 bits per heavy atom. The van der Waals surface area contributed by atoms with Gasteiger partial charge in [0.25, 0.3) is 0 Å². The second kappa shape index (κ2) is 7.24. The summed E-state index contributed by atoms with van der Waals surface area (Å²) in [6, 6.07) is 1.46. The quantitative estimate of drug-likeness (QED) is 0.733. The highest BCUT2D eigenvalue weighted by Gasteiger charge is 2.26. The Hall–Kier alpha value is -0.0800. The van der Waals surface area contributed by atoms with Crippen molar-refractivity contribution in [2.45, 2.75) is 70.9 Å². The fraction of sp³-hybridized carbons (Fsp3) is 1.00.